The molecule has 0 aliphatic carbocycles. The van der Waals surface area contributed by atoms with Gasteiger partial charge in [-0.1, -0.05) is 18.2 Å². The summed E-state index contributed by atoms with van der Waals surface area (Å²) >= 11 is 0. The highest BCUT2D eigenvalue weighted by molar-refractivity contribution is 5.91. The molecule has 0 saturated heterocycles. The van der Waals surface area contributed by atoms with Crippen LogP contribution in [0.5, 0.6) is 5.75 Å². The lowest BCUT2D eigenvalue weighted by Gasteiger charge is -2.08. The van der Waals surface area contributed by atoms with E-state index in [9.17, 15) is 18.4 Å². The molecule has 0 unspecified atom stereocenters. The summed E-state index contributed by atoms with van der Waals surface area (Å²) in [5.41, 5.74) is 0.181. The minimum atomic E-state index is -1.22. The van der Waals surface area contributed by atoms with Crippen molar-refractivity contribution in [2.24, 2.45) is 0 Å². The predicted octanol–water partition coefficient (Wildman–Crippen LogP) is 2.49. The fourth-order valence-electron chi connectivity index (χ4n) is 2.09. The number of halogens is 2. The lowest BCUT2D eigenvalue weighted by atomic mass is 10.1. The van der Waals surface area contributed by atoms with Crippen LogP contribution in [0, 0.1) is 11.6 Å². The van der Waals surface area contributed by atoms with Gasteiger partial charge >= 0.3 is 5.97 Å². The number of esters is 1. The Bertz CT molecular complexity index is 727. The van der Waals surface area contributed by atoms with Crippen LogP contribution in [0.15, 0.2) is 42.5 Å². The quantitative estimate of drug-likeness (QED) is 0.780. The third-order valence-electron chi connectivity index (χ3n) is 3.40. The van der Waals surface area contributed by atoms with Gasteiger partial charge in [-0.05, 0) is 36.2 Å². The summed E-state index contributed by atoms with van der Waals surface area (Å²) < 4.78 is 36.5. The van der Waals surface area contributed by atoms with Crippen LogP contribution in [0.25, 0.3) is 0 Å². The van der Waals surface area contributed by atoms with Crippen LogP contribution < -0.4 is 10.1 Å². The van der Waals surface area contributed by atoms with Gasteiger partial charge in [0.2, 0.25) is 0 Å². The zero-order valence-corrected chi connectivity index (χ0v) is 13.6. The van der Waals surface area contributed by atoms with Crippen molar-refractivity contribution in [1.82, 2.24) is 5.32 Å². The molecule has 0 aliphatic heterocycles. The number of hydrogen-bond donors (Lipinski definition) is 1. The molecule has 0 saturated carbocycles. The van der Waals surface area contributed by atoms with Gasteiger partial charge in [0.25, 0.3) is 5.91 Å². The van der Waals surface area contributed by atoms with Crippen molar-refractivity contribution in [2.75, 3.05) is 20.3 Å². The molecule has 1 amide bonds. The van der Waals surface area contributed by atoms with Crippen LogP contribution in [0.3, 0.4) is 0 Å². The number of methoxy groups -OCH3 is 1. The topological polar surface area (TPSA) is 64.6 Å². The number of carbonyl (C=O) groups excluding carboxylic acids is 2. The minimum Gasteiger partial charge on any atom is -0.497 e. The zero-order valence-electron chi connectivity index (χ0n) is 13.6. The average molecular weight is 349 g/mol. The fourth-order valence-corrected chi connectivity index (χ4v) is 2.09. The second kappa shape index (κ2) is 8.77. The molecule has 0 aromatic heterocycles. The highest BCUT2D eigenvalue weighted by atomic mass is 19.1. The largest absolute Gasteiger partial charge is 0.497 e. The van der Waals surface area contributed by atoms with Gasteiger partial charge in [-0.25, -0.2) is 13.6 Å². The molecule has 2 aromatic carbocycles. The third-order valence-corrected chi connectivity index (χ3v) is 3.40. The molecule has 0 radical (unpaired) electrons. The number of benzene rings is 2. The molecule has 7 heteroatoms. The normalized spacial score (nSPS) is 10.2. The number of carbonyl (C=O) groups is 2. The van der Waals surface area contributed by atoms with Gasteiger partial charge in [-0.2, -0.15) is 0 Å². The highest BCUT2D eigenvalue weighted by Crippen LogP contribution is 2.13. The van der Waals surface area contributed by atoms with E-state index in [1.54, 1.807) is 7.11 Å². The number of hydrogen-bond acceptors (Lipinski definition) is 4. The first-order chi connectivity index (χ1) is 12.0. The Morgan fingerprint density at radius 3 is 2.28 bits per heavy atom. The van der Waals surface area contributed by atoms with Crippen LogP contribution in [0.2, 0.25) is 0 Å². The van der Waals surface area contributed by atoms with Crippen molar-refractivity contribution >= 4 is 11.9 Å². The summed E-state index contributed by atoms with van der Waals surface area (Å²) in [6.45, 7) is -0.286. The van der Waals surface area contributed by atoms with Crippen molar-refractivity contribution < 1.29 is 27.8 Å². The minimum absolute atomic E-state index is 0.330. The average Bonchev–Trinajstić information content (AvgIpc) is 2.60. The van der Waals surface area contributed by atoms with Crippen molar-refractivity contribution in [3.8, 4) is 5.75 Å². The van der Waals surface area contributed by atoms with Crippen LogP contribution in [0.1, 0.15) is 15.9 Å². The van der Waals surface area contributed by atoms with Gasteiger partial charge in [-0.3, -0.25) is 4.79 Å². The van der Waals surface area contributed by atoms with E-state index in [2.05, 4.69) is 10.1 Å². The second-order valence-electron chi connectivity index (χ2n) is 5.12. The Hall–Kier alpha value is -2.96. The van der Waals surface area contributed by atoms with Crippen molar-refractivity contribution in [3.63, 3.8) is 0 Å². The molecule has 25 heavy (non-hydrogen) atoms. The number of amides is 1. The smallest absolute Gasteiger partial charge is 0.344 e. The molecular weight excluding hydrogens is 332 g/mol. The summed E-state index contributed by atoms with van der Waals surface area (Å²) in [6, 6.07) is 10.4. The maximum absolute atomic E-state index is 13.4. The highest BCUT2D eigenvalue weighted by Gasteiger charge is 2.19. The first-order valence-electron chi connectivity index (χ1n) is 7.52. The van der Waals surface area contributed by atoms with Crippen molar-refractivity contribution in [1.29, 1.82) is 0 Å². The summed E-state index contributed by atoms with van der Waals surface area (Å²) in [5.74, 6) is -3.12. The van der Waals surface area contributed by atoms with Crippen LogP contribution in [-0.2, 0) is 16.0 Å². The van der Waals surface area contributed by atoms with Crippen LogP contribution in [0.4, 0.5) is 8.78 Å². The second-order valence-corrected chi connectivity index (χ2v) is 5.12. The van der Waals surface area contributed by atoms with Crippen LogP contribution >= 0.6 is 0 Å². The van der Waals surface area contributed by atoms with Gasteiger partial charge in [0.1, 0.15) is 22.9 Å². The lowest BCUT2D eigenvalue weighted by Crippen LogP contribution is -2.30. The standard InChI is InChI=1S/C18H17F2NO4/c1-24-13-7-5-12(6-8-13)9-10-21-16(22)11-25-18(23)17-14(19)3-2-4-15(17)20/h2-8H,9-11H2,1H3,(H,21,22). The molecule has 0 fully saturated rings. The van der Waals surface area contributed by atoms with E-state index in [1.165, 1.54) is 0 Å². The molecule has 0 spiro atoms. The van der Waals surface area contributed by atoms with E-state index in [1.807, 2.05) is 24.3 Å². The molecule has 0 heterocycles. The molecule has 1 N–H and O–H groups in total. The summed E-state index contributed by atoms with van der Waals surface area (Å²) in [4.78, 5) is 23.3. The van der Waals surface area contributed by atoms with Gasteiger partial charge < -0.3 is 14.8 Å². The first-order valence-corrected chi connectivity index (χ1v) is 7.52. The number of rotatable bonds is 7. The summed E-state index contributed by atoms with van der Waals surface area (Å²) in [6.07, 6.45) is 0.575. The van der Waals surface area contributed by atoms with E-state index in [4.69, 9.17) is 4.74 Å². The summed E-state index contributed by atoms with van der Waals surface area (Å²) in [5, 5.41) is 2.56. The van der Waals surface area contributed by atoms with Gasteiger partial charge in [0.05, 0.1) is 7.11 Å². The molecule has 0 atom stereocenters. The van der Waals surface area contributed by atoms with Crippen molar-refractivity contribution in [2.45, 2.75) is 6.42 Å². The Morgan fingerprint density at radius 2 is 1.68 bits per heavy atom. The monoisotopic (exact) mass is 349 g/mol. The SMILES string of the molecule is COc1ccc(CCNC(=O)COC(=O)c2c(F)cccc2F)cc1. The maximum Gasteiger partial charge on any atom is 0.344 e. The Balaban J connectivity index is 1.76. The van der Waals surface area contributed by atoms with E-state index in [-0.39, 0.29) is 0 Å². The first kappa shape index (κ1) is 18.4. The number of nitrogens with one attached hydrogen (secondary N) is 1. The van der Waals surface area contributed by atoms with E-state index in [0.717, 1.165) is 29.5 Å². The zero-order chi connectivity index (χ0) is 18.2. The Morgan fingerprint density at radius 1 is 1.04 bits per heavy atom. The van der Waals surface area contributed by atoms with Crippen LogP contribution in [-0.4, -0.2) is 32.1 Å². The molecule has 2 aromatic rings. The van der Waals surface area contributed by atoms with Gasteiger partial charge in [0, 0.05) is 6.54 Å². The molecule has 0 bridgehead atoms. The Kier molecular flexibility index (Phi) is 6.45. The molecular formula is C18H17F2NO4. The fraction of sp³-hybridized carbons (Fsp3) is 0.222. The number of ether oxygens (including phenoxy) is 2. The molecule has 5 nitrogen and oxygen atoms in total. The summed E-state index contributed by atoms with van der Waals surface area (Å²) in [7, 11) is 1.57. The maximum atomic E-state index is 13.4. The van der Waals surface area contributed by atoms with Gasteiger partial charge in [0.15, 0.2) is 6.61 Å². The van der Waals surface area contributed by atoms with E-state index in [0.29, 0.717) is 13.0 Å². The van der Waals surface area contributed by atoms with Crippen molar-refractivity contribution in [3.05, 3.63) is 65.2 Å². The third kappa shape index (κ3) is 5.27. The molecule has 0 aliphatic rings. The lowest BCUT2D eigenvalue weighted by molar-refractivity contribution is -0.124. The molecule has 2 rings (SSSR count). The Labute approximate surface area is 143 Å². The van der Waals surface area contributed by atoms with E-state index < -0.39 is 35.7 Å². The molecule has 132 valence electrons. The predicted molar refractivity (Wildman–Crippen MR) is 86.3 cm³/mol. The van der Waals surface area contributed by atoms with E-state index >= 15 is 0 Å². The van der Waals surface area contributed by atoms with Gasteiger partial charge in [-0.15, -0.1) is 0 Å².